The molecule has 0 saturated carbocycles. The van der Waals surface area contributed by atoms with E-state index in [1.807, 2.05) is 13.0 Å². The van der Waals surface area contributed by atoms with Gasteiger partial charge in [0.1, 0.15) is 11.5 Å². The minimum absolute atomic E-state index is 0.0853. The number of ether oxygens (including phenoxy) is 3. The summed E-state index contributed by atoms with van der Waals surface area (Å²) < 4.78 is 43.4. The first-order valence-corrected chi connectivity index (χ1v) is 10.8. The van der Waals surface area contributed by atoms with E-state index in [0.29, 0.717) is 44.4 Å². The van der Waals surface area contributed by atoms with Crippen LogP contribution in [0.2, 0.25) is 0 Å². The molecule has 1 aliphatic rings. The second-order valence-corrected chi connectivity index (χ2v) is 8.20. The van der Waals surface area contributed by atoms with Crippen LogP contribution >= 0.6 is 0 Å². The molecule has 0 radical (unpaired) electrons. The van der Waals surface area contributed by atoms with Crippen LogP contribution < -0.4 is 14.8 Å². The molecule has 1 N–H and O–H groups in total. The van der Waals surface area contributed by atoms with Crippen LogP contribution in [0.3, 0.4) is 0 Å². The van der Waals surface area contributed by atoms with Crippen LogP contribution in [0.4, 0.5) is 5.69 Å². The van der Waals surface area contributed by atoms with Crippen molar-refractivity contribution in [1.29, 1.82) is 0 Å². The highest BCUT2D eigenvalue weighted by molar-refractivity contribution is 7.89. The molecule has 2 aromatic carbocycles. The number of hydrogen-bond donors (Lipinski definition) is 1. The minimum atomic E-state index is -3.69. The number of morpholine rings is 1. The van der Waals surface area contributed by atoms with Crippen molar-refractivity contribution < 1.29 is 27.4 Å². The van der Waals surface area contributed by atoms with Crippen LogP contribution in [-0.2, 0) is 19.6 Å². The lowest BCUT2D eigenvalue weighted by Crippen LogP contribution is -2.40. The van der Waals surface area contributed by atoms with Crippen molar-refractivity contribution in [2.45, 2.75) is 11.8 Å². The van der Waals surface area contributed by atoms with Gasteiger partial charge in [-0.1, -0.05) is 18.2 Å². The summed E-state index contributed by atoms with van der Waals surface area (Å²) in [4.78, 5) is 12.4. The van der Waals surface area contributed by atoms with E-state index in [2.05, 4.69) is 5.32 Å². The molecular formula is C20H24N2O6S. The van der Waals surface area contributed by atoms with Gasteiger partial charge in [0.2, 0.25) is 10.0 Å². The number of nitrogens with one attached hydrogen (secondary N) is 1. The lowest BCUT2D eigenvalue weighted by molar-refractivity contribution is -0.118. The monoisotopic (exact) mass is 420 g/mol. The standard InChI is InChI=1S/C20H24N2O6S/c1-2-27-19-9-8-17(29(24,25)22-10-12-26-13-11-22)14-18(19)21-20(23)15-28-16-6-4-3-5-7-16/h3-9,14H,2,10-13,15H2,1H3,(H,21,23). The molecule has 0 spiro atoms. The van der Waals surface area contributed by atoms with Crippen molar-refractivity contribution in [3.8, 4) is 11.5 Å². The van der Waals surface area contributed by atoms with Gasteiger partial charge in [-0.05, 0) is 37.3 Å². The molecule has 3 rings (SSSR count). The molecule has 1 aliphatic heterocycles. The Labute approximate surface area is 170 Å². The Morgan fingerprint density at radius 3 is 2.52 bits per heavy atom. The molecule has 1 heterocycles. The summed E-state index contributed by atoms with van der Waals surface area (Å²) in [6.45, 7) is 3.27. The molecular weight excluding hydrogens is 396 g/mol. The Balaban J connectivity index is 1.76. The zero-order chi connectivity index (χ0) is 20.7. The fourth-order valence-electron chi connectivity index (χ4n) is 2.84. The average Bonchev–Trinajstić information content (AvgIpc) is 2.75. The highest BCUT2D eigenvalue weighted by Gasteiger charge is 2.27. The van der Waals surface area contributed by atoms with Gasteiger partial charge in [-0.25, -0.2) is 8.42 Å². The van der Waals surface area contributed by atoms with Crippen molar-refractivity contribution in [1.82, 2.24) is 4.31 Å². The zero-order valence-corrected chi connectivity index (χ0v) is 17.0. The highest BCUT2D eigenvalue weighted by Crippen LogP contribution is 2.29. The van der Waals surface area contributed by atoms with Gasteiger partial charge in [0.15, 0.2) is 6.61 Å². The molecule has 9 heteroatoms. The predicted molar refractivity (Wildman–Crippen MR) is 108 cm³/mol. The number of benzene rings is 2. The Hall–Kier alpha value is -2.62. The van der Waals surface area contributed by atoms with Crippen molar-refractivity contribution in [3.63, 3.8) is 0 Å². The smallest absolute Gasteiger partial charge is 0.262 e. The van der Waals surface area contributed by atoms with Crippen LogP contribution in [-0.4, -0.2) is 58.1 Å². The quantitative estimate of drug-likeness (QED) is 0.703. The molecule has 0 unspecified atom stereocenters. The van der Waals surface area contributed by atoms with E-state index in [9.17, 15) is 13.2 Å². The van der Waals surface area contributed by atoms with Crippen LogP contribution in [0.15, 0.2) is 53.4 Å². The van der Waals surface area contributed by atoms with Gasteiger partial charge in [-0.2, -0.15) is 4.31 Å². The number of para-hydroxylation sites is 1. The number of carbonyl (C=O) groups excluding carboxylic acids is 1. The SMILES string of the molecule is CCOc1ccc(S(=O)(=O)N2CCOCC2)cc1NC(=O)COc1ccccc1. The van der Waals surface area contributed by atoms with E-state index in [4.69, 9.17) is 14.2 Å². The summed E-state index contributed by atoms with van der Waals surface area (Å²) in [6.07, 6.45) is 0. The van der Waals surface area contributed by atoms with E-state index in [1.54, 1.807) is 30.3 Å². The number of nitrogens with zero attached hydrogens (tertiary/aromatic N) is 1. The van der Waals surface area contributed by atoms with E-state index in [1.165, 1.54) is 16.4 Å². The third-order valence-electron chi connectivity index (χ3n) is 4.25. The van der Waals surface area contributed by atoms with Crippen molar-refractivity contribution in [2.24, 2.45) is 0 Å². The van der Waals surface area contributed by atoms with Crippen LogP contribution in [0.1, 0.15) is 6.92 Å². The minimum Gasteiger partial charge on any atom is -0.492 e. The Morgan fingerprint density at radius 1 is 1.10 bits per heavy atom. The lowest BCUT2D eigenvalue weighted by Gasteiger charge is -2.26. The van der Waals surface area contributed by atoms with Gasteiger partial charge in [0.05, 0.1) is 30.4 Å². The first-order chi connectivity index (χ1) is 14.0. The van der Waals surface area contributed by atoms with E-state index in [-0.39, 0.29) is 17.2 Å². The number of sulfonamides is 1. The fraction of sp³-hybridized carbons (Fsp3) is 0.350. The summed E-state index contributed by atoms with van der Waals surface area (Å²) in [5, 5.41) is 2.68. The highest BCUT2D eigenvalue weighted by atomic mass is 32.2. The average molecular weight is 420 g/mol. The first kappa shape index (κ1) is 21.1. The van der Waals surface area contributed by atoms with E-state index >= 15 is 0 Å². The van der Waals surface area contributed by atoms with Crippen molar-refractivity contribution in [3.05, 3.63) is 48.5 Å². The maximum atomic E-state index is 12.9. The third kappa shape index (κ3) is 5.47. The molecule has 1 amide bonds. The van der Waals surface area contributed by atoms with Gasteiger partial charge in [0.25, 0.3) is 5.91 Å². The maximum Gasteiger partial charge on any atom is 0.262 e. The summed E-state index contributed by atoms with van der Waals surface area (Å²) in [5.74, 6) is 0.536. The molecule has 1 saturated heterocycles. The molecule has 0 aliphatic carbocycles. The topological polar surface area (TPSA) is 94.2 Å². The summed E-state index contributed by atoms with van der Waals surface area (Å²) >= 11 is 0. The normalized spacial score (nSPS) is 14.9. The Kier molecular flexibility index (Phi) is 7.08. The summed E-state index contributed by atoms with van der Waals surface area (Å²) in [5.41, 5.74) is 0.280. The number of carbonyl (C=O) groups is 1. The van der Waals surface area contributed by atoms with Gasteiger partial charge in [0, 0.05) is 13.1 Å². The van der Waals surface area contributed by atoms with Crippen molar-refractivity contribution >= 4 is 21.6 Å². The lowest BCUT2D eigenvalue weighted by atomic mass is 10.3. The Morgan fingerprint density at radius 2 is 1.83 bits per heavy atom. The second-order valence-electron chi connectivity index (χ2n) is 6.26. The van der Waals surface area contributed by atoms with Crippen molar-refractivity contribution in [2.75, 3.05) is 44.8 Å². The predicted octanol–water partition coefficient (Wildman–Crippen LogP) is 2.12. The maximum absolute atomic E-state index is 12.9. The molecule has 29 heavy (non-hydrogen) atoms. The molecule has 156 valence electrons. The summed E-state index contributed by atoms with van der Waals surface area (Å²) in [6, 6.07) is 13.4. The first-order valence-electron chi connectivity index (χ1n) is 9.33. The van der Waals surface area contributed by atoms with E-state index < -0.39 is 15.9 Å². The van der Waals surface area contributed by atoms with Gasteiger partial charge >= 0.3 is 0 Å². The molecule has 0 bridgehead atoms. The number of rotatable bonds is 8. The third-order valence-corrected chi connectivity index (χ3v) is 6.14. The number of amides is 1. The van der Waals surface area contributed by atoms with Gasteiger partial charge in [-0.15, -0.1) is 0 Å². The fourth-order valence-corrected chi connectivity index (χ4v) is 4.27. The number of hydrogen-bond acceptors (Lipinski definition) is 6. The van der Waals surface area contributed by atoms with Crippen LogP contribution in [0.5, 0.6) is 11.5 Å². The Bertz CT molecular complexity index is 927. The zero-order valence-electron chi connectivity index (χ0n) is 16.2. The molecule has 0 aromatic heterocycles. The number of anilines is 1. The van der Waals surface area contributed by atoms with Crippen LogP contribution in [0, 0.1) is 0 Å². The van der Waals surface area contributed by atoms with Gasteiger partial charge < -0.3 is 19.5 Å². The van der Waals surface area contributed by atoms with E-state index in [0.717, 1.165) is 0 Å². The molecule has 1 fully saturated rings. The van der Waals surface area contributed by atoms with Gasteiger partial charge in [-0.3, -0.25) is 4.79 Å². The second kappa shape index (κ2) is 9.73. The largest absolute Gasteiger partial charge is 0.492 e. The molecule has 0 atom stereocenters. The summed E-state index contributed by atoms with van der Waals surface area (Å²) in [7, 11) is -3.69. The van der Waals surface area contributed by atoms with Crippen LogP contribution in [0.25, 0.3) is 0 Å². The molecule has 8 nitrogen and oxygen atoms in total. The molecule has 2 aromatic rings.